The Balaban J connectivity index is 3.15. The van der Waals surface area contributed by atoms with Gasteiger partial charge in [-0.1, -0.05) is 25.1 Å². The molecule has 0 spiro atoms. The van der Waals surface area contributed by atoms with Crippen LogP contribution in [-0.4, -0.2) is 6.29 Å². The van der Waals surface area contributed by atoms with E-state index in [0.29, 0.717) is 5.56 Å². The van der Waals surface area contributed by atoms with E-state index >= 15 is 0 Å². The Morgan fingerprint density at radius 2 is 2.17 bits per heavy atom. The normalized spacial score (nSPS) is 11.7. The molecule has 0 N–H and O–H groups in total. The molecule has 0 aliphatic heterocycles. The zero-order valence-corrected chi connectivity index (χ0v) is 6.82. The zero-order chi connectivity index (χ0) is 8.97. The number of aldehydes is 1. The molecule has 0 bridgehead atoms. The number of nitriles is 1. The molecule has 0 saturated carbocycles. The van der Waals surface area contributed by atoms with Crippen LogP contribution < -0.4 is 0 Å². The fraction of sp³-hybridized carbons (Fsp3) is 0.200. The lowest BCUT2D eigenvalue weighted by Gasteiger charge is -2.04. The third-order valence-corrected chi connectivity index (χ3v) is 1.78. The van der Waals surface area contributed by atoms with Gasteiger partial charge in [0, 0.05) is 5.92 Å². The van der Waals surface area contributed by atoms with E-state index in [1.165, 1.54) is 0 Å². The molecule has 1 aromatic carbocycles. The van der Waals surface area contributed by atoms with E-state index in [4.69, 9.17) is 5.26 Å². The lowest BCUT2D eigenvalue weighted by molar-refractivity contribution is -0.108. The van der Waals surface area contributed by atoms with Crippen molar-refractivity contribution in [3.63, 3.8) is 0 Å². The van der Waals surface area contributed by atoms with Crippen LogP contribution >= 0.6 is 0 Å². The van der Waals surface area contributed by atoms with Crippen LogP contribution in [0.25, 0.3) is 0 Å². The van der Waals surface area contributed by atoms with E-state index in [1.807, 2.05) is 6.07 Å². The lowest BCUT2D eigenvalue weighted by Crippen LogP contribution is -1.97. The summed E-state index contributed by atoms with van der Waals surface area (Å²) < 4.78 is 0. The average molecular weight is 159 g/mol. The summed E-state index contributed by atoms with van der Waals surface area (Å²) in [6, 6.07) is 9.19. The van der Waals surface area contributed by atoms with Crippen molar-refractivity contribution in [2.75, 3.05) is 0 Å². The second kappa shape index (κ2) is 3.68. The fourth-order valence-corrected chi connectivity index (χ4v) is 1.07. The van der Waals surface area contributed by atoms with Gasteiger partial charge in [0.1, 0.15) is 6.29 Å². The molecule has 0 aliphatic rings. The van der Waals surface area contributed by atoms with Crippen molar-refractivity contribution >= 4 is 6.29 Å². The standard InChI is InChI=1S/C10H9NO/c1-8(7-12)10-5-3-2-4-9(10)6-11/h2-5,7-8H,1H3. The van der Waals surface area contributed by atoms with Gasteiger partial charge in [0.25, 0.3) is 0 Å². The van der Waals surface area contributed by atoms with Crippen LogP contribution in [0.4, 0.5) is 0 Å². The largest absolute Gasteiger partial charge is 0.303 e. The minimum Gasteiger partial charge on any atom is -0.303 e. The van der Waals surface area contributed by atoms with Gasteiger partial charge in [-0.2, -0.15) is 5.26 Å². The number of carbonyl (C=O) groups excluding carboxylic acids is 1. The van der Waals surface area contributed by atoms with E-state index < -0.39 is 0 Å². The van der Waals surface area contributed by atoms with Gasteiger partial charge in [-0.05, 0) is 11.6 Å². The van der Waals surface area contributed by atoms with Gasteiger partial charge in [-0.3, -0.25) is 0 Å². The summed E-state index contributed by atoms with van der Waals surface area (Å²) in [4.78, 5) is 10.5. The van der Waals surface area contributed by atoms with Crippen LogP contribution in [0.5, 0.6) is 0 Å². The van der Waals surface area contributed by atoms with E-state index in [9.17, 15) is 4.79 Å². The highest BCUT2D eigenvalue weighted by molar-refractivity contribution is 5.63. The fourth-order valence-electron chi connectivity index (χ4n) is 1.07. The maximum atomic E-state index is 10.5. The summed E-state index contributed by atoms with van der Waals surface area (Å²) in [5.74, 6) is -0.194. The molecule has 0 heterocycles. The summed E-state index contributed by atoms with van der Waals surface area (Å²) in [7, 11) is 0. The molecular formula is C10H9NO. The molecular weight excluding hydrogens is 150 g/mol. The highest BCUT2D eigenvalue weighted by Crippen LogP contribution is 2.16. The third kappa shape index (κ3) is 1.51. The van der Waals surface area contributed by atoms with Gasteiger partial charge in [0.15, 0.2) is 0 Å². The summed E-state index contributed by atoms with van der Waals surface area (Å²) in [5, 5.41) is 8.70. The number of carbonyl (C=O) groups is 1. The first-order valence-electron chi connectivity index (χ1n) is 3.74. The van der Waals surface area contributed by atoms with Gasteiger partial charge in [0.2, 0.25) is 0 Å². The summed E-state index contributed by atoms with van der Waals surface area (Å²) in [6.45, 7) is 1.78. The first-order valence-corrected chi connectivity index (χ1v) is 3.74. The number of hydrogen-bond acceptors (Lipinski definition) is 2. The number of hydrogen-bond donors (Lipinski definition) is 0. The maximum absolute atomic E-state index is 10.5. The molecule has 1 rings (SSSR count). The van der Waals surface area contributed by atoms with E-state index in [1.54, 1.807) is 25.1 Å². The third-order valence-electron chi connectivity index (χ3n) is 1.78. The molecule has 0 saturated heterocycles. The van der Waals surface area contributed by atoms with Crippen LogP contribution in [0, 0.1) is 11.3 Å². The predicted octanol–water partition coefficient (Wildman–Crippen LogP) is 1.86. The SMILES string of the molecule is CC(C=O)c1ccccc1C#N. The van der Waals surface area contributed by atoms with Crippen molar-refractivity contribution in [3.8, 4) is 6.07 Å². The van der Waals surface area contributed by atoms with Crippen LogP contribution in [0.2, 0.25) is 0 Å². The molecule has 12 heavy (non-hydrogen) atoms. The van der Waals surface area contributed by atoms with E-state index in [2.05, 4.69) is 6.07 Å². The van der Waals surface area contributed by atoms with Crippen molar-refractivity contribution in [1.29, 1.82) is 5.26 Å². The molecule has 60 valence electrons. The number of nitrogens with zero attached hydrogens (tertiary/aromatic N) is 1. The van der Waals surface area contributed by atoms with Crippen molar-refractivity contribution in [1.82, 2.24) is 0 Å². The van der Waals surface area contributed by atoms with Crippen molar-refractivity contribution < 1.29 is 4.79 Å². The molecule has 2 nitrogen and oxygen atoms in total. The minimum atomic E-state index is -0.194. The van der Waals surface area contributed by atoms with Crippen molar-refractivity contribution in [3.05, 3.63) is 35.4 Å². The molecule has 0 aromatic heterocycles. The highest BCUT2D eigenvalue weighted by atomic mass is 16.1. The van der Waals surface area contributed by atoms with Gasteiger partial charge < -0.3 is 4.79 Å². The van der Waals surface area contributed by atoms with Crippen LogP contribution in [0.1, 0.15) is 24.0 Å². The zero-order valence-electron chi connectivity index (χ0n) is 6.82. The summed E-state index contributed by atoms with van der Waals surface area (Å²) >= 11 is 0. The number of rotatable bonds is 2. The first kappa shape index (κ1) is 8.48. The number of benzene rings is 1. The molecule has 0 radical (unpaired) electrons. The smallest absolute Gasteiger partial charge is 0.127 e. The Hall–Kier alpha value is -1.62. The molecule has 2 heteroatoms. The van der Waals surface area contributed by atoms with Crippen LogP contribution in [0.15, 0.2) is 24.3 Å². The monoisotopic (exact) mass is 159 g/mol. The Bertz CT molecular complexity index is 325. The summed E-state index contributed by atoms with van der Waals surface area (Å²) in [5.41, 5.74) is 1.38. The van der Waals surface area contributed by atoms with Crippen molar-refractivity contribution in [2.24, 2.45) is 0 Å². The Morgan fingerprint density at radius 1 is 1.50 bits per heavy atom. The van der Waals surface area contributed by atoms with Gasteiger partial charge in [0.05, 0.1) is 11.6 Å². The second-order valence-corrected chi connectivity index (χ2v) is 2.62. The van der Waals surface area contributed by atoms with Gasteiger partial charge >= 0.3 is 0 Å². The molecule has 1 unspecified atom stereocenters. The Kier molecular flexibility index (Phi) is 2.60. The molecule has 0 amide bonds. The van der Waals surface area contributed by atoms with Crippen LogP contribution in [0.3, 0.4) is 0 Å². The minimum absolute atomic E-state index is 0.194. The Morgan fingerprint density at radius 3 is 2.75 bits per heavy atom. The maximum Gasteiger partial charge on any atom is 0.127 e. The Labute approximate surface area is 71.4 Å². The van der Waals surface area contributed by atoms with Gasteiger partial charge in [-0.25, -0.2) is 0 Å². The average Bonchev–Trinajstić information content (AvgIpc) is 2.16. The van der Waals surface area contributed by atoms with Crippen molar-refractivity contribution in [2.45, 2.75) is 12.8 Å². The lowest BCUT2D eigenvalue weighted by atomic mass is 9.98. The summed E-state index contributed by atoms with van der Waals surface area (Å²) in [6.07, 6.45) is 0.843. The second-order valence-electron chi connectivity index (χ2n) is 2.62. The topological polar surface area (TPSA) is 40.9 Å². The first-order chi connectivity index (χ1) is 5.79. The quantitative estimate of drug-likeness (QED) is 0.618. The molecule has 0 fully saturated rings. The van der Waals surface area contributed by atoms with E-state index in [0.717, 1.165) is 11.8 Å². The van der Waals surface area contributed by atoms with E-state index in [-0.39, 0.29) is 5.92 Å². The van der Waals surface area contributed by atoms with Crippen LogP contribution in [-0.2, 0) is 4.79 Å². The highest BCUT2D eigenvalue weighted by Gasteiger charge is 2.07. The van der Waals surface area contributed by atoms with Gasteiger partial charge in [-0.15, -0.1) is 0 Å². The molecule has 1 atom stereocenters. The predicted molar refractivity (Wildman–Crippen MR) is 45.6 cm³/mol. The molecule has 0 aliphatic carbocycles. The molecule has 1 aromatic rings.